The molecule has 26 heavy (non-hydrogen) atoms. The van der Waals surface area contributed by atoms with Gasteiger partial charge in [-0.05, 0) is 44.6 Å². The van der Waals surface area contributed by atoms with E-state index in [1.54, 1.807) is 7.11 Å². The minimum Gasteiger partial charge on any atom is -0.493 e. The quantitative estimate of drug-likeness (QED) is 0.678. The van der Waals surface area contributed by atoms with Gasteiger partial charge in [-0.1, -0.05) is 26.0 Å². The predicted molar refractivity (Wildman–Crippen MR) is 107 cm³/mol. The number of nitrogens with two attached hydrogens (primary N) is 1. The van der Waals surface area contributed by atoms with E-state index >= 15 is 0 Å². The van der Waals surface area contributed by atoms with Gasteiger partial charge in [0, 0.05) is 18.7 Å². The van der Waals surface area contributed by atoms with Gasteiger partial charge in [-0.15, -0.1) is 12.4 Å². The molecule has 1 amide bonds. The third-order valence-electron chi connectivity index (χ3n) is 5.53. The Labute approximate surface area is 163 Å². The number of methoxy groups -OCH3 is 1. The van der Waals surface area contributed by atoms with Crippen LogP contribution in [0.25, 0.3) is 0 Å². The van der Waals surface area contributed by atoms with Crippen molar-refractivity contribution in [2.75, 3.05) is 13.7 Å². The molecule has 0 bridgehead atoms. The number of nitrogens with one attached hydrogen (secondary N) is 1. The van der Waals surface area contributed by atoms with Crippen LogP contribution in [0.1, 0.15) is 57.9 Å². The first-order chi connectivity index (χ1) is 12.1. The zero-order valence-electron chi connectivity index (χ0n) is 16.2. The molecule has 3 N–H and O–H groups in total. The second kappa shape index (κ2) is 10.6. The van der Waals surface area contributed by atoms with Crippen molar-refractivity contribution in [2.45, 2.75) is 65.0 Å². The first kappa shape index (κ1) is 22.6. The van der Waals surface area contributed by atoms with Crippen LogP contribution < -0.4 is 20.5 Å². The highest BCUT2D eigenvalue weighted by molar-refractivity contribution is 5.85. The molecule has 0 aliphatic heterocycles. The Morgan fingerprint density at radius 3 is 2.46 bits per heavy atom. The lowest BCUT2D eigenvalue weighted by atomic mass is 9.81. The highest BCUT2D eigenvalue weighted by atomic mass is 35.5. The van der Waals surface area contributed by atoms with Gasteiger partial charge in [0.1, 0.15) is 0 Å². The molecule has 1 aromatic rings. The van der Waals surface area contributed by atoms with Crippen molar-refractivity contribution >= 4 is 18.3 Å². The number of carbonyl (C=O) groups excluding carboxylic acids is 1. The lowest BCUT2D eigenvalue weighted by molar-refractivity contribution is -0.131. The number of rotatable bonds is 9. The molecule has 2 rings (SSSR count). The number of halogens is 1. The van der Waals surface area contributed by atoms with Crippen LogP contribution in [0.15, 0.2) is 18.2 Å². The maximum atomic E-state index is 12.7. The van der Waals surface area contributed by atoms with Crippen molar-refractivity contribution in [2.24, 2.45) is 11.1 Å². The number of ether oxygens (including phenoxy) is 2. The molecule has 0 unspecified atom stereocenters. The van der Waals surface area contributed by atoms with Gasteiger partial charge in [-0.3, -0.25) is 4.79 Å². The molecule has 1 fully saturated rings. The van der Waals surface area contributed by atoms with E-state index in [0.717, 1.165) is 42.7 Å². The Hall–Kier alpha value is -1.46. The Morgan fingerprint density at radius 1 is 1.27 bits per heavy atom. The highest BCUT2D eigenvalue weighted by Crippen LogP contribution is 2.35. The minimum absolute atomic E-state index is 0. The molecular formula is C20H33ClN2O3. The van der Waals surface area contributed by atoms with Gasteiger partial charge in [-0.25, -0.2) is 0 Å². The third kappa shape index (κ3) is 5.04. The van der Waals surface area contributed by atoms with E-state index in [1.165, 1.54) is 12.8 Å². The second-order valence-corrected chi connectivity index (χ2v) is 6.85. The fraction of sp³-hybridized carbons (Fsp3) is 0.650. The van der Waals surface area contributed by atoms with E-state index in [2.05, 4.69) is 5.32 Å². The van der Waals surface area contributed by atoms with Crippen LogP contribution in [-0.2, 0) is 11.3 Å². The molecule has 6 heteroatoms. The molecular weight excluding hydrogens is 352 g/mol. The van der Waals surface area contributed by atoms with Gasteiger partial charge in [0.05, 0.1) is 18.6 Å². The van der Waals surface area contributed by atoms with Crippen molar-refractivity contribution in [3.63, 3.8) is 0 Å². The monoisotopic (exact) mass is 384 g/mol. The van der Waals surface area contributed by atoms with Crippen LogP contribution in [0.4, 0.5) is 0 Å². The van der Waals surface area contributed by atoms with Crippen molar-refractivity contribution in [1.29, 1.82) is 0 Å². The predicted octanol–water partition coefficient (Wildman–Crippen LogP) is 3.82. The fourth-order valence-electron chi connectivity index (χ4n) is 3.48. The average molecular weight is 385 g/mol. The summed E-state index contributed by atoms with van der Waals surface area (Å²) < 4.78 is 11.7. The summed E-state index contributed by atoms with van der Waals surface area (Å²) in [4.78, 5) is 12.7. The van der Waals surface area contributed by atoms with Crippen LogP contribution in [0.2, 0.25) is 0 Å². The van der Waals surface area contributed by atoms with Gasteiger partial charge < -0.3 is 20.5 Å². The summed E-state index contributed by atoms with van der Waals surface area (Å²) >= 11 is 0. The molecule has 0 atom stereocenters. The Kier molecular flexibility index (Phi) is 9.23. The number of hydrogen-bond donors (Lipinski definition) is 2. The SMILES string of the molecule is CCC(CC)(CN)C(=O)NCc1cccc(OC)c1OC1CCCC1.Cl. The zero-order valence-corrected chi connectivity index (χ0v) is 17.0. The van der Waals surface area contributed by atoms with Crippen LogP contribution >= 0.6 is 12.4 Å². The van der Waals surface area contributed by atoms with Gasteiger partial charge in [0.15, 0.2) is 11.5 Å². The lowest BCUT2D eigenvalue weighted by Gasteiger charge is -2.29. The third-order valence-corrected chi connectivity index (χ3v) is 5.53. The fourth-order valence-corrected chi connectivity index (χ4v) is 3.48. The number of benzene rings is 1. The molecule has 1 aliphatic rings. The number of hydrogen-bond acceptors (Lipinski definition) is 4. The average Bonchev–Trinajstić information content (AvgIpc) is 3.15. The van der Waals surface area contributed by atoms with Crippen LogP contribution in [0, 0.1) is 5.41 Å². The molecule has 1 saturated carbocycles. The van der Waals surface area contributed by atoms with E-state index < -0.39 is 5.41 Å². The van der Waals surface area contributed by atoms with Crippen molar-refractivity contribution in [3.8, 4) is 11.5 Å². The smallest absolute Gasteiger partial charge is 0.227 e. The zero-order chi connectivity index (χ0) is 18.3. The van der Waals surface area contributed by atoms with Crippen LogP contribution in [0.5, 0.6) is 11.5 Å². The summed E-state index contributed by atoms with van der Waals surface area (Å²) in [7, 11) is 1.65. The highest BCUT2D eigenvalue weighted by Gasteiger charge is 2.33. The first-order valence-corrected chi connectivity index (χ1v) is 9.41. The summed E-state index contributed by atoms with van der Waals surface area (Å²) in [5, 5.41) is 3.05. The molecule has 0 saturated heterocycles. The van der Waals surface area contributed by atoms with Crippen molar-refractivity contribution < 1.29 is 14.3 Å². The summed E-state index contributed by atoms with van der Waals surface area (Å²) in [5.41, 5.74) is 6.33. The van der Waals surface area contributed by atoms with Gasteiger partial charge in [-0.2, -0.15) is 0 Å². The lowest BCUT2D eigenvalue weighted by Crippen LogP contribution is -2.45. The van der Waals surface area contributed by atoms with Gasteiger partial charge in [0.2, 0.25) is 5.91 Å². The Bertz CT molecular complexity index is 562. The largest absolute Gasteiger partial charge is 0.493 e. The second-order valence-electron chi connectivity index (χ2n) is 6.85. The number of amides is 1. The van der Waals surface area contributed by atoms with E-state index in [-0.39, 0.29) is 24.4 Å². The summed E-state index contributed by atoms with van der Waals surface area (Å²) in [6, 6.07) is 5.81. The number of para-hydroxylation sites is 1. The molecule has 1 aromatic carbocycles. The molecule has 148 valence electrons. The molecule has 0 spiro atoms. The molecule has 1 aliphatic carbocycles. The molecule has 5 nitrogen and oxygen atoms in total. The standard InChI is InChI=1S/C20H32N2O3.ClH/c1-4-20(5-2,14-21)19(23)22-13-15-9-8-12-17(24-3)18(15)25-16-10-6-7-11-16;/h8-9,12,16H,4-7,10-11,13-14,21H2,1-3H3,(H,22,23);1H. The van der Waals surface area contributed by atoms with Gasteiger partial charge in [0.25, 0.3) is 0 Å². The Balaban J connectivity index is 0.00000338. The molecule has 0 radical (unpaired) electrons. The summed E-state index contributed by atoms with van der Waals surface area (Å²) in [6.07, 6.45) is 6.26. The first-order valence-electron chi connectivity index (χ1n) is 9.41. The van der Waals surface area contributed by atoms with E-state index in [4.69, 9.17) is 15.2 Å². The van der Waals surface area contributed by atoms with E-state index in [1.807, 2.05) is 32.0 Å². The molecule has 0 aromatic heterocycles. The topological polar surface area (TPSA) is 73.6 Å². The van der Waals surface area contributed by atoms with Crippen molar-refractivity contribution in [1.82, 2.24) is 5.32 Å². The van der Waals surface area contributed by atoms with Crippen molar-refractivity contribution in [3.05, 3.63) is 23.8 Å². The molecule has 0 heterocycles. The number of carbonyl (C=O) groups is 1. The summed E-state index contributed by atoms with van der Waals surface area (Å²) in [5.74, 6) is 1.48. The maximum absolute atomic E-state index is 12.7. The Morgan fingerprint density at radius 2 is 1.92 bits per heavy atom. The van der Waals surface area contributed by atoms with E-state index in [9.17, 15) is 4.79 Å². The maximum Gasteiger partial charge on any atom is 0.227 e. The van der Waals surface area contributed by atoms with E-state index in [0.29, 0.717) is 13.1 Å². The minimum atomic E-state index is -0.495. The van der Waals surface area contributed by atoms with Gasteiger partial charge >= 0.3 is 0 Å². The van der Waals surface area contributed by atoms with Crippen LogP contribution in [-0.4, -0.2) is 25.7 Å². The normalized spacial score (nSPS) is 14.6. The summed E-state index contributed by atoms with van der Waals surface area (Å²) in [6.45, 7) is 4.79. The van der Waals surface area contributed by atoms with Crippen LogP contribution in [0.3, 0.4) is 0 Å².